The van der Waals surface area contributed by atoms with E-state index in [1.807, 2.05) is 0 Å². The third-order valence-corrected chi connectivity index (χ3v) is 2.39. The molecule has 0 unspecified atom stereocenters. The number of halogens is 3. The molecule has 2 nitrogen and oxygen atoms in total. The Morgan fingerprint density at radius 1 is 1.58 bits per heavy atom. The molecule has 1 heterocycles. The van der Waals surface area contributed by atoms with Crippen molar-refractivity contribution in [3.8, 4) is 0 Å². The van der Waals surface area contributed by atoms with Gasteiger partial charge in [0.1, 0.15) is 6.61 Å². The fraction of sp³-hybridized carbons (Fsp3) is 0.857. The van der Waals surface area contributed by atoms with Crippen LogP contribution >= 0.6 is 0 Å². The first-order valence-electron chi connectivity index (χ1n) is 3.52. The molecule has 2 atom stereocenters. The summed E-state index contributed by atoms with van der Waals surface area (Å²) >= 11 is 0. The minimum absolute atomic E-state index is 0.433. The van der Waals surface area contributed by atoms with Crippen LogP contribution in [0, 0.1) is 5.92 Å². The molecule has 0 N–H and O–H groups in total. The van der Waals surface area contributed by atoms with Gasteiger partial charge in [0.05, 0.1) is 5.92 Å². The number of hydrogen-bond acceptors (Lipinski definition) is 2. The van der Waals surface area contributed by atoms with Gasteiger partial charge in [-0.3, -0.25) is 4.79 Å². The van der Waals surface area contributed by atoms with Crippen molar-refractivity contribution >= 4 is 5.78 Å². The highest BCUT2D eigenvalue weighted by atomic mass is 19.4. The van der Waals surface area contributed by atoms with Crippen LogP contribution in [-0.2, 0) is 9.53 Å². The zero-order valence-electron chi connectivity index (χ0n) is 6.73. The monoisotopic (exact) mass is 182 g/mol. The summed E-state index contributed by atoms with van der Waals surface area (Å²) in [7, 11) is 0. The third kappa shape index (κ3) is 1.12. The van der Waals surface area contributed by atoms with E-state index in [0.717, 1.165) is 6.92 Å². The van der Waals surface area contributed by atoms with E-state index < -0.39 is 30.1 Å². The SMILES string of the molecule is C[C@H]1C(=O)CO[C@@]1(C)C(F)(F)F. The van der Waals surface area contributed by atoms with Gasteiger partial charge in [-0.1, -0.05) is 6.92 Å². The van der Waals surface area contributed by atoms with E-state index in [1.54, 1.807) is 0 Å². The van der Waals surface area contributed by atoms with E-state index in [9.17, 15) is 18.0 Å². The summed E-state index contributed by atoms with van der Waals surface area (Å²) < 4.78 is 41.3. The van der Waals surface area contributed by atoms with Crippen molar-refractivity contribution in [2.75, 3.05) is 6.61 Å². The van der Waals surface area contributed by atoms with Gasteiger partial charge in [0.25, 0.3) is 0 Å². The van der Waals surface area contributed by atoms with Gasteiger partial charge >= 0.3 is 6.18 Å². The largest absolute Gasteiger partial charge is 0.417 e. The van der Waals surface area contributed by atoms with Gasteiger partial charge in [-0.25, -0.2) is 0 Å². The van der Waals surface area contributed by atoms with Crippen LogP contribution < -0.4 is 0 Å². The van der Waals surface area contributed by atoms with Crippen molar-refractivity contribution in [2.45, 2.75) is 25.6 Å². The zero-order valence-corrected chi connectivity index (χ0v) is 6.73. The lowest BCUT2D eigenvalue weighted by Gasteiger charge is -2.29. The molecule has 0 amide bonds. The van der Waals surface area contributed by atoms with E-state index in [-0.39, 0.29) is 0 Å². The first-order valence-corrected chi connectivity index (χ1v) is 3.52. The highest BCUT2D eigenvalue weighted by Gasteiger charge is 2.61. The van der Waals surface area contributed by atoms with E-state index in [0.29, 0.717) is 0 Å². The molecule has 0 aliphatic carbocycles. The summed E-state index contributed by atoms with van der Waals surface area (Å²) in [6, 6.07) is 0. The lowest BCUT2D eigenvalue weighted by Crippen LogP contribution is -2.46. The Morgan fingerprint density at radius 2 is 2.08 bits per heavy atom. The molecule has 0 spiro atoms. The van der Waals surface area contributed by atoms with Gasteiger partial charge in [0.15, 0.2) is 11.4 Å². The van der Waals surface area contributed by atoms with Crippen LogP contribution in [0.25, 0.3) is 0 Å². The molecule has 12 heavy (non-hydrogen) atoms. The van der Waals surface area contributed by atoms with Crippen molar-refractivity contribution < 1.29 is 22.7 Å². The van der Waals surface area contributed by atoms with Gasteiger partial charge in [0.2, 0.25) is 0 Å². The van der Waals surface area contributed by atoms with Crippen LogP contribution in [0.5, 0.6) is 0 Å². The van der Waals surface area contributed by atoms with E-state index >= 15 is 0 Å². The Morgan fingerprint density at radius 3 is 2.25 bits per heavy atom. The summed E-state index contributed by atoms with van der Waals surface area (Å²) in [5.41, 5.74) is -2.29. The van der Waals surface area contributed by atoms with Crippen molar-refractivity contribution in [1.29, 1.82) is 0 Å². The topological polar surface area (TPSA) is 26.3 Å². The predicted molar refractivity (Wildman–Crippen MR) is 34.6 cm³/mol. The molecule has 1 aliphatic heterocycles. The van der Waals surface area contributed by atoms with Crippen LogP contribution in [0.15, 0.2) is 0 Å². The Bertz CT molecular complexity index is 211. The highest BCUT2D eigenvalue weighted by Crippen LogP contribution is 2.42. The van der Waals surface area contributed by atoms with Gasteiger partial charge in [-0.2, -0.15) is 13.2 Å². The second-order valence-electron chi connectivity index (χ2n) is 3.08. The average molecular weight is 182 g/mol. The summed E-state index contributed by atoms with van der Waals surface area (Å²) in [6.45, 7) is 1.71. The lowest BCUT2D eigenvalue weighted by molar-refractivity contribution is -0.266. The molecule has 0 aromatic rings. The standard InChI is InChI=1S/C7H9F3O2/c1-4-5(11)3-12-6(4,2)7(8,9)10/h4H,3H2,1-2H3/t4-,6+/m0/s1. The number of carbonyl (C=O) groups excluding carboxylic acids is 1. The molecule has 0 radical (unpaired) electrons. The van der Waals surface area contributed by atoms with Crippen molar-refractivity contribution in [2.24, 2.45) is 5.92 Å². The number of carbonyl (C=O) groups is 1. The summed E-state index contributed by atoms with van der Waals surface area (Å²) in [4.78, 5) is 10.8. The smallest absolute Gasteiger partial charge is 0.357 e. The van der Waals surface area contributed by atoms with Crippen molar-refractivity contribution in [3.63, 3.8) is 0 Å². The normalized spacial score (nSPS) is 37.4. The molecular weight excluding hydrogens is 173 g/mol. The van der Waals surface area contributed by atoms with Crippen LogP contribution in [0.2, 0.25) is 0 Å². The number of ketones is 1. The Hall–Kier alpha value is -0.580. The zero-order chi connectivity index (χ0) is 9.57. The third-order valence-electron chi connectivity index (χ3n) is 2.39. The number of alkyl halides is 3. The van der Waals surface area contributed by atoms with Crippen molar-refractivity contribution in [3.05, 3.63) is 0 Å². The fourth-order valence-corrected chi connectivity index (χ4v) is 1.11. The first-order chi connectivity index (χ1) is 5.29. The minimum atomic E-state index is -4.47. The molecule has 0 bridgehead atoms. The predicted octanol–water partition coefficient (Wildman–Crippen LogP) is 1.54. The summed E-state index contributed by atoms with van der Waals surface area (Å²) in [5.74, 6) is -1.59. The Kier molecular flexibility index (Phi) is 1.94. The summed E-state index contributed by atoms with van der Waals surface area (Å²) in [5, 5.41) is 0. The van der Waals surface area contributed by atoms with Crippen LogP contribution in [0.4, 0.5) is 13.2 Å². The number of ether oxygens (including phenoxy) is 1. The first kappa shape index (κ1) is 9.51. The highest BCUT2D eigenvalue weighted by molar-refractivity contribution is 5.85. The molecule has 70 valence electrons. The summed E-state index contributed by atoms with van der Waals surface area (Å²) in [6.07, 6.45) is -4.47. The van der Waals surface area contributed by atoms with Gasteiger partial charge in [0, 0.05) is 0 Å². The van der Waals surface area contributed by atoms with Gasteiger partial charge in [-0.05, 0) is 6.92 Å². The van der Waals surface area contributed by atoms with Crippen LogP contribution in [0.1, 0.15) is 13.8 Å². The maximum Gasteiger partial charge on any atom is 0.417 e. The molecule has 1 rings (SSSR count). The fourth-order valence-electron chi connectivity index (χ4n) is 1.11. The number of rotatable bonds is 0. The second-order valence-corrected chi connectivity index (χ2v) is 3.08. The van der Waals surface area contributed by atoms with Crippen molar-refractivity contribution in [1.82, 2.24) is 0 Å². The maximum atomic E-state index is 12.3. The van der Waals surface area contributed by atoms with Crippen LogP contribution in [-0.4, -0.2) is 24.2 Å². The Balaban J connectivity index is 2.94. The van der Waals surface area contributed by atoms with Gasteiger partial charge < -0.3 is 4.74 Å². The van der Waals surface area contributed by atoms with Crippen LogP contribution in [0.3, 0.4) is 0 Å². The molecule has 0 saturated carbocycles. The van der Waals surface area contributed by atoms with E-state index in [4.69, 9.17) is 0 Å². The number of Topliss-reactive ketones (excluding diaryl/α,β-unsaturated/α-hetero) is 1. The molecule has 1 saturated heterocycles. The minimum Gasteiger partial charge on any atom is -0.357 e. The van der Waals surface area contributed by atoms with E-state index in [2.05, 4.69) is 4.74 Å². The quantitative estimate of drug-likeness (QED) is 0.568. The molecule has 0 aromatic heterocycles. The molecule has 1 aliphatic rings. The van der Waals surface area contributed by atoms with E-state index in [1.165, 1.54) is 6.92 Å². The molecular formula is C7H9F3O2. The maximum absolute atomic E-state index is 12.3. The van der Waals surface area contributed by atoms with Gasteiger partial charge in [-0.15, -0.1) is 0 Å². The Labute approximate surface area is 67.7 Å². The molecule has 1 fully saturated rings. The number of hydrogen-bond donors (Lipinski definition) is 0. The average Bonchev–Trinajstić information content (AvgIpc) is 2.16. The second kappa shape index (κ2) is 2.45. The molecule has 5 heteroatoms. The molecule has 0 aromatic carbocycles. The lowest BCUT2D eigenvalue weighted by atomic mass is 9.89.